The summed E-state index contributed by atoms with van der Waals surface area (Å²) in [4.78, 5) is 14.8. The van der Waals surface area contributed by atoms with Gasteiger partial charge in [0.2, 0.25) is 5.88 Å². The minimum atomic E-state index is -2.97. The van der Waals surface area contributed by atoms with Crippen LogP contribution in [0.1, 0.15) is 19.0 Å². The van der Waals surface area contributed by atoms with Gasteiger partial charge in [-0.3, -0.25) is 4.98 Å². The Morgan fingerprint density at radius 1 is 1.25 bits per heavy atom. The first-order valence-electron chi connectivity index (χ1n) is 8.43. The fraction of sp³-hybridized carbons (Fsp3) is 0.529. The molecule has 1 aliphatic rings. The summed E-state index contributed by atoms with van der Waals surface area (Å²) in [7, 11) is 1.35. The predicted molar refractivity (Wildman–Crippen MR) is 92.0 cm³/mol. The quantitative estimate of drug-likeness (QED) is 0.756. The zero-order valence-electron chi connectivity index (χ0n) is 15.4. The predicted octanol–water partition coefficient (Wildman–Crippen LogP) is 0.963. The maximum atomic E-state index is 12.6. The molecular formula is C17H22F2N4O5. The Morgan fingerprint density at radius 3 is 2.61 bits per heavy atom. The van der Waals surface area contributed by atoms with Crippen LogP contribution in [0, 0.1) is 0 Å². The Hall–Kier alpha value is -2.50. The molecule has 1 aliphatic heterocycles. The fourth-order valence-electron chi connectivity index (χ4n) is 2.18. The summed E-state index contributed by atoms with van der Waals surface area (Å²) in [5.41, 5.74) is -0.387. The topological polar surface area (TPSA) is 120 Å². The Morgan fingerprint density at radius 2 is 1.96 bits per heavy atom. The molecule has 3 heterocycles. The van der Waals surface area contributed by atoms with Gasteiger partial charge in [-0.1, -0.05) is 0 Å². The molecule has 9 nitrogen and oxygen atoms in total. The molecule has 28 heavy (non-hydrogen) atoms. The number of aliphatic hydroxyl groups excluding tert-OH is 2. The highest BCUT2D eigenvalue weighted by Gasteiger charge is 2.32. The van der Waals surface area contributed by atoms with Gasteiger partial charge in [0.25, 0.3) is 5.92 Å². The molecule has 0 saturated carbocycles. The SMILES string of the molecule is COc1cncc(C(C)(F)F)n1.OC1CCOC(COc2ncccn2)C1O. The second kappa shape index (κ2) is 10.2. The van der Waals surface area contributed by atoms with Crippen molar-refractivity contribution in [2.24, 2.45) is 0 Å². The van der Waals surface area contributed by atoms with E-state index in [2.05, 4.69) is 24.7 Å². The molecule has 2 aromatic rings. The van der Waals surface area contributed by atoms with Crippen LogP contribution in [0.5, 0.6) is 11.9 Å². The Labute approximate surface area is 160 Å². The monoisotopic (exact) mass is 400 g/mol. The van der Waals surface area contributed by atoms with Crippen LogP contribution < -0.4 is 9.47 Å². The maximum absolute atomic E-state index is 12.6. The molecule has 154 valence electrons. The number of hydrogen-bond acceptors (Lipinski definition) is 9. The standard InChI is InChI=1S/C10H14N2O4.C7H8F2N2O/c13-7-2-5-15-8(9(7)14)6-16-10-11-3-1-4-12-10;1-7(8,9)5-3-10-4-6(11-5)12-2/h1,3-4,7-9,13-14H,2,5-6H2;3-4H,1-2H3. The van der Waals surface area contributed by atoms with Crippen LogP contribution in [0.2, 0.25) is 0 Å². The smallest absolute Gasteiger partial charge is 0.316 e. The average Bonchev–Trinajstić information content (AvgIpc) is 2.70. The fourth-order valence-corrected chi connectivity index (χ4v) is 2.18. The van der Waals surface area contributed by atoms with E-state index >= 15 is 0 Å². The highest BCUT2D eigenvalue weighted by atomic mass is 19.3. The number of halogens is 2. The highest BCUT2D eigenvalue weighted by Crippen LogP contribution is 2.25. The van der Waals surface area contributed by atoms with Gasteiger partial charge < -0.3 is 24.4 Å². The van der Waals surface area contributed by atoms with Crippen molar-refractivity contribution in [3.63, 3.8) is 0 Å². The van der Waals surface area contributed by atoms with Gasteiger partial charge in [0, 0.05) is 25.9 Å². The van der Waals surface area contributed by atoms with Gasteiger partial charge in [0.1, 0.15) is 24.5 Å². The first-order valence-corrected chi connectivity index (χ1v) is 8.43. The van der Waals surface area contributed by atoms with E-state index in [4.69, 9.17) is 9.47 Å². The van der Waals surface area contributed by atoms with E-state index < -0.39 is 24.2 Å². The van der Waals surface area contributed by atoms with E-state index in [1.54, 1.807) is 18.5 Å². The summed E-state index contributed by atoms with van der Waals surface area (Å²) >= 11 is 0. The van der Waals surface area contributed by atoms with Crippen LogP contribution in [-0.2, 0) is 10.7 Å². The molecule has 0 aliphatic carbocycles. The van der Waals surface area contributed by atoms with E-state index in [0.717, 1.165) is 13.1 Å². The molecule has 2 aromatic heterocycles. The minimum absolute atomic E-state index is 0.0917. The second-order valence-electron chi connectivity index (χ2n) is 5.93. The van der Waals surface area contributed by atoms with Crippen LogP contribution in [0.15, 0.2) is 30.9 Å². The van der Waals surface area contributed by atoms with Crippen molar-refractivity contribution in [1.82, 2.24) is 19.9 Å². The first-order chi connectivity index (χ1) is 13.3. The zero-order valence-corrected chi connectivity index (χ0v) is 15.4. The molecular weight excluding hydrogens is 378 g/mol. The number of methoxy groups -OCH3 is 1. The second-order valence-corrected chi connectivity index (χ2v) is 5.93. The van der Waals surface area contributed by atoms with Gasteiger partial charge in [0.05, 0.1) is 25.6 Å². The lowest BCUT2D eigenvalue weighted by molar-refractivity contribution is -0.145. The van der Waals surface area contributed by atoms with E-state index in [0.29, 0.717) is 13.0 Å². The van der Waals surface area contributed by atoms with Gasteiger partial charge in [-0.15, -0.1) is 0 Å². The number of aliphatic hydroxyl groups is 2. The zero-order chi connectivity index (χ0) is 20.6. The van der Waals surface area contributed by atoms with E-state index in [-0.39, 0.29) is 24.2 Å². The lowest BCUT2D eigenvalue weighted by atomic mass is 10.0. The Kier molecular flexibility index (Phi) is 7.91. The molecule has 0 bridgehead atoms. The Balaban J connectivity index is 0.000000209. The lowest BCUT2D eigenvalue weighted by Gasteiger charge is -2.31. The van der Waals surface area contributed by atoms with Crippen molar-refractivity contribution in [3.8, 4) is 11.9 Å². The van der Waals surface area contributed by atoms with Crippen LogP contribution in [-0.4, -0.2) is 68.8 Å². The van der Waals surface area contributed by atoms with Gasteiger partial charge in [-0.2, -0.15) is 8.78 Å². The molecule has 0 radical (unpaired) electrons. The van der Waals surface area contributed by atoms with Crippen LogP contribution >= 0.6 is 0 Å². The van der Waals surface area contributed by atoms with Crippen LogP contribution in [0.4, 0.5) is 8.78 Å². The summed E-state index contributed by atoms with van der Waals surface area (Å²) in [6.45, 7) is 1.31. The number of nitrogens with zero attached hydrogens (tertiary/aromatic N) is 4. The normalized spacial score (nSPS) is 22.0. The summed E-state index contributed by atoms with van der Waals surface area (Å²) in [6, 6.07) is 1.92. The van der Waals surface area contributed by atoms with Gasteiger partial charge in [-0.05, 0) is 12.5 Å². The first kappa shape index (κ1) is 21.8. The average molecular weight is 400 g/mol. The van der Waals surface area contributed by atoms with Crippen molar-refractivity contribution in [3.05, 3.63) is 36.5 Å². The molecule has 3 rings (SSSR count). The van der Waals surface area contributed by atoms with Crippen LogP contribution in [0.25, 0.3) is 0 Å². The van der Waals surface area contributed by atoms with E-state index in [9.17, 15) is 19.0 Å². The van der Waals surface area contributed by atoms with Crippen LogP contribution in [0.3, 0.4) is 0 Å². The Bertz CT molecular complexity index is 720. The van der Waals surface area contributed by atoms with E-state index in [1.165, 1.54) is 13.3 Å². The molecule has 3 unspecified atom stereocenters. The molecule has 11 heteroatoms. The molecule has 0 amide bonds. The number of ether oxygens (including phenoxy) is 3. The number of aromatic nitrogens is 4. The molecule has 0 spiro atoms. The van der Waals surface area contributed by atoms with Gasteiger partial charge >= 0.3 is 6.01 Å². The highest BCUT2D eigenvalue weighted by molar-refractivity contribution is 5.11. The number of hydrogen-bond donors (Lipinski definition) is 2. The molecule has 1 fully saturated rings. The molecule has 0 aromatic carbocycles. The van der Waals surface area contributed by atoms with Gasteiger partial charge in [0.15, 0.2) is 0 Å². The van der Waals surface area contributed by atoms with Crippen molar-refractivity contribution >= 4 is 0 Å². The lowest BCUT2D eigenvalue weighted by Crippen LogP contribution is -2.47. The molecule has 1 saturated heterocycles. The van der Waals surface area contributed by atoms with Crippen molar-refractivity contribution < 1.29 is 33.2 Å². The maximum Gasteiger partial charge on any atom is 0.316 e. The van der Waals surface area contributed by atoms with Crippen molar-refractivity contribution in [2.75, 3.05) is 20.3 Å². The summed E-state index contributed by atoms with van der Waals surface area (Å²) in [6.07, 6.45) is 3.66. The summed E-state index contributed by atoms with van der Waals surface area (Å²) in [5, 5.41) is 19.0. The third-order valence-corrected chi connectivity index (χ3v) is 3.71. The molecule has 3 atom stereocenters. The third-order valence-electron chi connectivity index (χ3n) is 3.71. The van der Waals surface area contributed by atoms with Crippen molar-refractivity contribution in [1.29, 1.82) is 0 Å². The summed E-state index contributed by atoms with van der Waals surface area (Å²) in [5.74, 6) is -2.88. The third kappa shape index (κ3) is 6.59. The number of alkyl halides is 2. The van der Waals surface area contributed by atoms with Crippen molar-refractivity contribution in [2.45, 2.75) is 37.6 Å². The number of rotatable bonds is 5. The summed E-state index contributed by atoms with van der Waals surface area (Å²) < 4.78 is 40.4. The minimum Gasteiger partial charge on any atom is -0.480 e. The largest absolute Gasteiger partial charge is 0.480 e. The molecule has 2 N–H and O–H groups in total. The van der Waals surface area contributed by atoms with Gasteiger partial charge in [-0.25, -0.2) is 15.0 Å². The van der Waals surface area contributed by atoms with E-state index in [1.807, 2.05) is 0 Å².